The number of sulfonamides is 1. The summed E-state index contributed by atoms with van der Waals surface area (Å²) in [6.45, 7) is 2.71. The molecule has 28 heavy (non-hydrogen) atoms. The van der Waals surface area contributed by atoms with Crippen LogP contribution in [0.25, 0.3) is 11.2 Å². The van der Waals surface area contributed by atoms with Crippen molar-refractivity contribution in [3.05, 3.63) is 42.2 Å². The average molecular weight is 399 g/mol. The molecule has 0 unspecified atom stereocenters. The lowest BCUT2D eigenvalue weighted by Gasteiger charge is -2.34. The van der Waals surface area contributed by atoms with Crippen LogP contribution < -0.4 is 4.90 Å². The molecule has 9 nitrogen and oxygen atoms in total. The van der Waals surface area contributed by atoms with Crippen LogP contribution in [0.5, 0.6) is 0 Å². The summed E-state index contributed by atoms with van der Waals surface area (Å²) >= 11 is 0. The lowest BCUT2D eigenvalue weighted by molar-refractivity contribution is 0.383. The van der Waals surface area contributed by atoms with Crippen LogP contribution in [-0.2, 0) is 16.6 Å². The molecule has 0 radical (unpaired) electrons. The molecule has 2 aromatic heterocycles. The predicted molar refractivity (Wildman–Crippen MR) is 104 cm³/mol. The molecular weight excluding hydrogens is 378 g/mol. The monoisotopic (exact) mass is 399 g/mol. The number of anilines is 1. The Morgan fingerprint density at radius 2 is 1.75 bits per heavy atom. The van der Waals surface area contributed by atoms with Crippen molar-refractivity contribution < 1.29 is 8.42 Å². The number of nitrogens with zero attached hydrogens (tertiary/aromatic N) is 7. The van der Waals surface area contributed by atoms with E-state index in [-0.39, 0.29) is 5.25 Å². The van der Waals surface area contributed by atoms with E-state index in [2.05, 4.69) is 25.2 Å². The average Bonchev–Trinajstić information content (AvgIpc) is 3.52. The van der Waals surface area contributed by atoms with Crippen molar-refractivity contribution in [3.63, 3.8) is 0 Å². The quantitative estimate of drug-likeness (QED) is 0.628. The Morgan fingerprint density at radius 1 is 1.00 bits per heavy atom. The normalized spacial score (nSPS) is 18.6. The number of fused-ring (bicyclic) bond motifs is 1. The summed E-state index contributed by atoms with van der Waals surface area (Å²) in [5.74, 6) is 0.716. The van der Waals surface area contributed by atoms with Gasteiger partial charge < -0.3 is 4.90 Å². The Bertz CT molecular complexity index is 1090. The number of piperazine rings is 1. The van der Waals surface area contributed by atoms with Gasteiger partial charge in [-0.05, 0) is 18.4 Å². The van der Waals surface area contributed by atoms with Gasteiger partial charge in [-0.25, -0.2) is 23.1 Å². The third-order valence-corrected chi connectivity index (χ3v) is 7.70. The topological polar surface area (TPSA) is 97.1 Å². The van der Waals surface area contributed by atoms with Crippen LogP contribution in [0, 0.1) is 0 Å². The van der Waals surface area contributed by atoms with Gasteiger partial charge in [-0.1, -0.05) is 35.5 Å². The summed E-state index contributed by atoms with van der Waals surface area (Å²) in [7, 11) is -3.13. The van der Waals surface area contributed by atoms with Crippen LogP contribution in [0.4, 0.5) is 5.82 Å². The molecule has 0 amide bonds. The molecule has 0 N–H and O–H groups in total. The molecule has 0 spiro atoms. The third kappa shape index (κ3) is 3.12. The van der Waals surface area contributed by atoms with E-state index in [4.69, 9.17) is 0 Å². The highest BCUT2D eigenvalue weighted by molar-refractivity contribution is 7.90. The van der Waals surface area contributed by atoms with E-state index in [0.29, 0.717) is 49.7 Å². The summed E-state index contributed by atoms with van der Waals surface area (Å²) < 4.78 is 28.3. The van der Waals surface area contributed by atoms with E-state index < -0.39 is 10.0 Å². The maximum atomic E-state index is 12.4. The van der Waals surface area contributed by atoms with Crippen molar-refractivity contribution in [1.29, 1.82) is 0 Å². The molecule has 3 heterocycles. The van der Waals surface area contributed by atoms with Crippen molar-refractivity contribution in [3.8, 4) is 0 Å². The highest BCUT2D eigenvalue weighted by atomic mass is 32.2. The predicted octanol–water partition coefficient (Wildman–Crippen LogP) is 0.884. The van der Waals surface area contributed by atoms with Crippen LogP contribution in [0.1, 0.15) is 18.4 Å². The molecule has 1 saturated heterocycles. The number of hydrogen-bond donors (Lipinski definition) is 0. The molecular formula is C18H21N7O2S. The van der Waals surface area contributed by atoms with Gasteiger partial charge in [0.1, 0.15) is 6.33 Å². The molecule has 1 aliphatic carbocycles. The number of hydrogen-bond acceptors (Lipinski definition) is 7. The zero-order valence-electron chi connectivity index (χ0n) is 15.3. The highest BCUT2D eigenvalue weighted by Crippen LogP contribution is 2.32. The second-order valence-corrected chi connectivity index (χ2v) is 9.45. The van der Waals surface area contributed by atoms with E-state index in [0.717, 1.165) is 18.4 Å². The first-order valence-electron chi connectivity index (χ1n) is 9.45. The van der Waals surface area contributed by atoms with Crippen LogP contribution in [0.2, 0.25) is 0 Å². The number of aromatic nitrogens is 5. The molecule has 0 bridgehead atoms. The fraction of sp³-hybridized carbons (Fsp3) is 0.444. The first kappa shape index (κ1) is 17.5. The fourth-order valence-electron chi connectivity index (χ4n) is 3.61. The Morgan fingerprint density at radius 3 is 2.46 bits per heavy atom. The van der Waals surface area contributed by atoms with Gasteiger partial charge in [0.25, 0.3) is 0 Å². The van der Waals surface area contributed by atoms with E-state index in [1.165, 1.54) is 6.33 Å². The van der Waals surface area contributed by atoms with E-state index in [1.54, 1.807) is 8.99 Å². The fourth-order valence-corrected chi connectivity index (χ4v) is 5.43. The van der Waals surface area contributed by atoms with Gasteiger partial charge in [-0.15, -0.1) is 5.10 Å². The van der Waals surface area contributed by atoms with Crippen LogP contribution in [0.3, 0.4) is 0 Å². The lowest BCUT2D eigenvalue weighted by Crippen LogP contribution is -2.49. The lowest BCUT2D eigenvalue weighted by atomic mass is 10.2. The van der Waals surface area contributed by atoms with E-state index in [1.807, 2.05) is 30.3 Å². The summed E-state index contributed by atoms with van der Waals surface area (Å²) in [6.07, 6.45) is 3.11. The van der Waals surface area contributed by atoms with Gasteiger partial charge >= 0.3 is 0 Å². The van der Waals surface area contributed by atoms with Crippen LogP contribution in [0.15, 0.2) is 36.7 Å². The van der Waals surface area contributed by atoms with Crippen molar-refractivity contribution in [1.82, 2.24) is 29.3 Å². The summed E-state index contributed by atoms with van der Waals surface area (Å²) in [6, 6.07) is 10.0. The Labute approximate surface area is 163 Å². The number of rotatable bonds is 5. The van der Waals surface area contributed by atoms with E-state index >= 15 is 0 Å². The third-order valence-electron chi connectivity index (χ3n) is 5.30. The van der Waals surface area contributed by atoms with Gasteiger partial charge in [-0.2, -0.15) is 4.31 Å². The number of benzene rings is 1. The summed E-state index contributed by atoms with van der Waals surface area (Å²) in [5, 5.41) is 8.41. The zero-order valence-corrected chi connectivity index (χ0v) is 16.2. The maximum absolute atomic E-state index is 12.4. The van der Waals surface area contributed by atoms with Crippen molar-refractivity contribution in [2.45, 2.75) is 24.6 Å². The minimum atomic E-state index is -3.13. The van der Waals surface area contributed by atoms with Gasteiger partial charge in [0.2, 0.25) is 10.0 Å². The maximum Gasteiger partial charge on any atom is 0.217 e. The van der Waals surface area contributed by atoms with Crippen molar-refractivity contribution in [2.75, 3.05) is 31.1 Å². The Hall–Kier alpha value is -2.59. The zero-order chi connectivity index (χ0) is 19.1. The molecule has 146 valence electrons. The second-order valence-electron chi connectivity index (χ2n) is 7.23. The second kappa shape index (κ2) is 6.78. The van der Waals surface area contributed by atoms with Crippen LogP contribution >= 0.6 is 0 Å². The molecule has 1 saturated carbocycles. The molecule has 1 aliphatic heterocycles. The molecule has 2 aliphatic rings. The van der Waals surface area contributed by atoms with E-state index in [9.17, 15) is 8.42 Å². The highest BCUT2D eigenvalue weighted by Gasteiger charge is 2.41. The Kier molecular flexibility index (Phi) is 4.24. The Balaban J connectivity index is 1.37. The minimum Gasteiger partial charge on any atom is -0.352 e. The molecule has 1 aromatic carbocycles. The molecule has 3 aromatic rings. The smallest absolute Gasteiger partial charge is 0.217 e. The van der Waals surface area contributed by atoms with Gasteiger partial charge in [0, 0.05) is 26.2 Å². The first-order valence-corrected chi connectivity index (χ1v) is 11.0. The first-order chi connectivity index (χ1) is 13.6. The summed E-state index contributed by atoms with van der Waals surface area (Å²) in [4.78, 5) is 10.9. The standard InChI is InChI=1S/C18H21N7O2S/c26-28(27,15-6-7-15)24-10-8-23(9-11-24)17-16-18(20-13-19-17)25(22-21-16)12-14-4-2-1-3-5-14/h1-5,13,15H,6-12H2. The van der Waals surface area contributed by atoms with Gasteiger partial charge in [0.05, 0.1) is 11.8 Å². The SMILES string of the molecule is O=S(=O)(C1CC1)N1CCN(c2ncnc3c2nnn3Cc2ccccc2)CC1. The van der Waals surface area contributed by atoms with Crippen molar-refractivity contribution >= 4 is 27.0 Å². The largest absolute Gasteiger partial charge is 0.352 e. The molecule has 0 atom stereocenters. The molecule has 5 rings (SSSR count). The van der Waals surface area contributed by atoms with Crippen LogP contribution in [-0.4, -0.2) is 69.1 Å². The van der Waals surface area contributed by atoms with Crippen molar-refractivity contribution in [2.24, 2.45) is 0 Å². The minimum absolute atomic E-state index is 0.164. The van der Waals surface area contributed by atoms with Gasteiger partial charge in [0.15, 0.2) is 17.0 Å². The van der Waals surface area contributed by atoms with Gasteiger partial charge in [-0.3, -0.25) is 0 Å². The summed E-state index contributed by atoms with van der Waals surface area (Å²) in [5.41, 5.74) is 2.45. The molecule has 10 heteroatoms. The molecule has 2 fully saturated rings.